The number of nitrogens with zero attached hydrogens (tertiary/aromatic N) is 2. The lowest BCUT2D eigenvalue weighted by Crippen LogP contribution is -2.37. The van der Waals surface area contributed by atoms with Gasteiger partial charge in [0.1, 0.15) is 0 Å². The van der Waals surface area contributed by atoms with Crippen molar-refractivity contribution in [3.05, 3.63) is 65.2 Å². The Kier molecular flexibility index (Phi) is 8.19. The van der Waals surface area contributed by atoms with E-state index in [9.17, 15) is 13.2 Å². The second-order valence-electron chi connectivity index (χ2n) is 9.83. The molecule has 0 saturated carbocycles. The van der Waals surface area contributed by atoms with E-state index in [0.717, 1.165) is 25.9 Å². The van der Waals surface area contributed by atoms with Gasteiger partial charge >= 0.3 is 0 Å². The van der Waals surface area contributed by atoms with Gasteiger partial charge < -0.3 is 5.32 Å². The first kappa shape index (κ1) is 25.0. The van der Waals surface area contributed by atoms with Gasteiger partial charge in [0.25, 0.3) is 0 Å². The van der Waals surface area contributed by atoms with Crippen LogP contribution in [0.4, 0.5) is 0 Å². The Balaban J connectivity index is 1.35. The van der Waals surface area contributed by atoms with Crippen molar-refractivity contribution >= 4 is 15.8 Å². The number of likely N-dealkylation sites (tertiary alicyclic amines) is 1. The summed E-state index contributed by atoms with van der Waals surface area (Å²) in [5, 5.41) is 3.36. The SMILES string of the molecule is Cc1ccc(C(CNCC(=O)c2ccc(S(=O)(=O)N3CCC(C)CC3)cc2)N2CCCC2)cc1. The van der Waals surface area contributed by atoms with E-state index in [4.69, 9.17) is 0 Å². The molecule has 2 aromatic rings. The molecule has 0 amide bonds. The van der Waals surface area contributed by atoms with Gasteiger partial charge in [-0.15, -0.1) is 0 Å². The lowest BCUT2D eigenvalue weighted by molar-refractivity contribution is 0.0987. The Labute approximate surface area is 204 Å². The van der Waals surface area contributed by atoms with Crippen LogP contribution in [0.5, 0.6) is 0 Å². The van der Waals surface area contributed by atoms with Crippen LogP contribution in [0.25, 0.3) is 0 Å². The predicted octanol–water partition coefficient (Wildman–Crippen LogP) is 4.03. The van der Waals surface area contributed by atoms with E-state index < -0.39 is 10.0 Å². The standard InChI is InChI=1S/C27H37N3O3S/c1-21-5-7-23(8-6-21)26(29-15-3-4-16-29)19-28-20-27(31)24-9-11-25(12-10-24)34(32,33)30-17-13-22(2)14-18-30/h5-12,22,26,28H,3-4,13-20H2,1-2H3. The van der Waals surface area contributed by atoms with Gasteiger partial charge in [0.15, 0.2) is 5.78 Å². The van der Waals surface area contributed by atoms with Gasteiger partial charge in [-0.3, -0.25) is 9.69 Å². The molecule has 2 fully saturated rings. The zero-order valence-electron chi connectivity index (χ0n) is 20.4. The largest absolute Gasteiger partial charge is 0.308 e. The zero-order valence-corrected chi connectivity index (χ0v) is 21.2. The molecule has 0 radical (unpaired) electrons. The number of benzene rings is 2. The highest BCUT2D eigenvalue weighted by molar-refractivity contribution is 7.89. The summed E-state index contributed by atoms with van der Waals surface area (Å²) in [4.78, 5) is 15.5. The highest BCUT2D eigenvalue weighted by Crippen LogP contribution is 2.26. The molecular weight excluding hydrogens is 446 g/mol. The summed E-state index contributed by atoms with van der Waals surface area (Å²) >= 11 is 0. The lowest BCUT2D eigenvalue weighted by atomic mass is 10.0. The van der Waals surface area contributed by atoms with Crippen LogP contribution in [-0.2, 0) is 10.0 Å². The quantitative estimate of drug-likeness (QED) is 0.546. The highest BCUT2D eigenvalue weighted by atomic mass is 32.2. The molecule has 6 nitrogen and oxygen atoms in total. The van der Waals surface area contributed by atoms with Crippen molar-refractivity contribution in [2.75, 3.05) is 39.3 Å². The van der Waals surface area contributed by atoms with Crippen molar-refractivity contribution in [3.63, 3.8) is 0 Å². The molecule has 34 heavy (non-hydrogen) atoms. The highest BCUT2D eigenvalue weighted by Gasteiger charge is 2.28. The average Bonchev–Trinajstić information content (AvgIpc) is 3.37. The molecule has 2 aromatic carbocycles. The number of carbonyl (C=O) groups excluding carboxylic acids is 1. The van der Waals surface area contributed by atoms with E-state index in [-0.39, 0.29) is 23.3 Å². The summed E-state index contributed by atoms with van der Waals surface area (Å²) in [6, 6.07) is 15.3. The molecule has 0 aromatic heterocycles. The smallest absolute Gasteiger partial charge is 0.243 e. The molecule has 2 aliphatic rings. The molecule has 0 bridgehead atoms. The number of piperidine rings is 1. The zero-order chi connectivity index (χ0) is 24.1. The minimum absolute atomic E-state index is 0.0279. The maximum Gasteiger partial charge on any atom is 0.243 e. The molecule has 7 heteroatoms. The van der Waals surface area contributed by atoms with E-state index >= 15 is 0 Å². The third-order valence-electron chi connectivity index (χ3n) is 7.22. The fourth-order valence-corrected chi connectivity index (χ4v) is 6.38. The number of Topliss-reactive ketones (excluding diaryl/α,β-unsaturated/α-hetero) is 1. The van der Waals surface area contributed by atoms with Crippen LogP contribution in [-0.4, -0.2) is 62.7 Å². The third-order valence-corrected chi connectivity index (χ3v) is 9.14. The minimum atomic E-state index is -3.50. The van der Waals surface area contributed by atoms with Gasteiger partial charge in [-0.05, 0) is 69.3 Å². The molecule has 0 spiro atoms. The Morgan fingerprint density at radius 1 is 0.971 bits per heavy atom. The Morgan fingerprint density at radius 2 is 1.59 bits per heavy atom. The molecule has 2 heterocycles. The van der Waals surface area contributed by atoms with Crippen molar-refractivity contribution < 1.29 is 13.2 Å². The van der Waals surface area contributed by atoms with Crippen LogP contribution in [0.1, 0.15) is 60.1 Å². The molecule has 184 valence electrons. The fraction of sp³-hybridized carbons (Fsp3) is 0.519. The van der Waals surface area contributed by atoms with Crippen LogP contribution < -0.4 is 5.32 Å². The van der Waals surface area contributed by atoms with E-state index in [1.54, 1.807) is 28.6 Å². The first-order chi connectivity index (χ1) is 16.3. The number of sulfonamides is 1. The first-order valence-corrected chi connectivity index (χ1v) is 13.9. The summed E-state index contributed by atoms with van der Waals surface area (Å²) in [6.07, 6.45) is 4.21. The van der Waals surface area contributed by atoms with E-state index in [2.05, 4.69) is 48.3 Å². The maximum absolute atomic E-state index is 12.9. The minimum Gasteiger partial charge on any atom is -0.308 e. The van der Waals surface area contributed by atoms with Crippen LogP contribution in [0.2, 0.25) is 0 Å². The third kappa shape index (κ3) is 5.95. The van der Waals surface area contributed by atoms with Crippen molar-refractivity contribution in [1.82, 2.24) is 14.5 Å². The van der Waals surface area contributed by atoms with E-state index in [0.29, 0.717) is 31.1 Å². The van der Waals surface area contributed by atoms with Crippen LogP contribution >= 0.6 is 0 Å². The summed E-state index contributed by atoms with van der Waals surface area (Å²) in [6.45, 7) is 8.48. The molecule has 2 saturated heterocycles. The number of hydrogen-bond donors (Lipinski definition) is 1. The molecule has 2 aliphatic heterocycles. The summed E-state index contributed by atoms with van der Waals surface area (Å²) in [5.74, 6) is 0.537. The second-order valence-corrected chi connectivity index (χ2v) is 11.8. The van der Waals surface area contributed by atoms with Gasteiger partial charge in [0.05, 0.1) is 11.4 Å². The van der Waals surface area contributed by atoms with Crippen molar-refractivity contribution in [2.24, 2.45) is 5.92 Å². The number of aryl methyl sites for hydroxylation is 1. The van der Waals surface area contributed by atoms with Gasteiger partial charge in [0.2, 0.25) is 10.0 Å². The molecule has 1 atom stereocenters. The molecular formula is C27H37N3O3S. The second kappa shape index (κ2) is 11.1. The van der Waals surface area contributed by atoms with Crippen molar-refractivity contribution in [2.45, 2.75) is 50.5 Å². The topological polar surface area (TPSA) is 69.7 Å². The Morgan fingerprint density at radius 3 is 2.21 bits per heavy atom. The number of carbonyl (C=O) groups is 1. The summed E-state index contributed by atoms with van der Waals surface area (Å²) < 4.78 is 27.4. The van der Waals surface area contributed by atoms with Gasteiger partial charge in [-0.1, -0.05) is 48.9 Å². The molecule has 4 rings (SSSR count). The van der Waals surface area contributed by atoms with Crippen molar-refractivity contribution in [3.8, 4) is 0 Å². The van der Waals surface area contributed by atoms with E-state index in [1.807, 2.05) is 0 Å². The monoisotopic (exact) mass is 483 g/mol. The predicted molar refractivity (Wildman–Crippen MR) is 136 cm³/mol. The van der Waals surface area contributed by atoms with Crippen molar-refractivity contribution in [1.29, 1.82) is 0 Å². The molecule has 1 N–H and O–H groups in total. The summed E-state index contributed by atoms with van der Waals surface area (Å²) in [5.41, 5.74) is 3.05. The molecule has 0 aliphatic carbocycles. The normalized spacial score (nSPS) is 19.4. The Bertz CT molecular complexity index is 1050. The average molecular weight is 484 g/mol. The number of ketones is 1. The van der Waals surface area contributed by atoms with Gasteiger partial charge in [-0.25, -0.2) is 8.42 Å². The number of nitrogens with one attached hydrogen (secondary N) is 1. The first-order valence-electron chi connectivity index (χ1n) is 12.5. The Hall–Kier alpha value is -2.06. The van der Waals surface area contributed by atoms with Crippen LogP contribution in [0.3, 0.4) is 0 Å². The lowest BCUT2D eigenvalue weighted by Gasteiger charge is -2.29. The van der Waals surface area contributed by atoms with Crippen LogP contribution in [0.15, 0.2) is 53.4 Å². The maximum atomic E-state index is 12.9. The number of hydrogen-bond acceptors (Lipinski definition) is 5. The van der Waals surface area contributed by atoms with Gasteiger partial charge in [0, 0.05) is 31.2 Å². The fourth-order valence-electron chi connectivity index (χ4n) is 4.91. The van der Waals surface area contributed by atoms with Crippen LogP contribution in [0, 0.1) is 12.8 Å². The van der Waals surface area contributed by atoms with Gasteiger partial charge in [-0.2, -0.15) is 4.31 Å². The van der Waals surface area contributed by atoms with E-state index in [1.165, 1.54) is 24.0 Å². The molecule has 1 unspecified atom stereocenters. The summed E-state index contributed by atoms with van der Waals surface area (Å²) in [7, 11) is -3.50. The number of rotatable bonds is 9.